The molecule has 0 aliphatic carbocycles. The molecular formula is C25H24N8O3S. The molecule has 2 aromatic carbocycles. The highest BCUT2D eigenvalue weighted by atomic mass is 32.1. The third-order valence-electron chi connectivity index (χ3n) is 5.70. The number of thiophene rings is 1. The molecule has 188 valence electrons. The molecule has 0 spiro atoms. The molecular weight excluding hydrogens is 492 g/mol. The molecule has 0 atom stereocenters. The molecule has 0 bridgehead atoms. The fourth-order valence-electron chi connectivity index (χ4n) is 4.05. The van der Waals surface area contributed by atoms with Gasteiger partial charge < -0.3 is 26.4 Å². The molecule has 12 heteroatoms. The van der Waals surface area contributed by atoms with Crippen molar-refractivity contribution >= 4 is 57.5 Å². The van der Waals surface area contributed by atoms with E-state index in [4.69, 9.17) is 16.2 Å². The van der Waals surface area contributed by atoms with Crippen molar-refractivity contribution in [2.75, 3.05) is 36.9 Å². The molecule has 1 amide bonds. The van der Waals surface area contributed by atoms with Crippen LogP contribution in [0.1, 0.15) is 9.67 Å². The number of amides is 1. The second-order valence-electron chi connectivity index (χ2n) is 8.00. The summed E-state index contributed by atoms with van der Waals surface area (Å²) in [5.74, 6) is 0.271. The van der Waals surface area contributed by atoms with Gasteiger partial charge in [0.05, 0.1) is 41.2 Å². The average molecular weight is 517 g/mol. The van der Waals surface area contributed by atoms with E-state index in [-0.39, 0.29) is 11.7 Å². The van der Waals surface area contributed by atoms with Crippen LogP contribution in [0.2, 0.25) is 0 Å². The standard InChI is InChI=1S/C25H24N8O3S/c26-14-29-15-28-8-9-30-23(34)21-13-19-24(37-21)31-22(27)25(35)33(19)17-6-7-20-18(12-17)32(10-11-36-20)16-4-2-1-3-5-16/h1-7,12-15H,8-11H2,(H2,27,31)(H,30,34)(H2,26,28,29). The van der Waals surface area contributed by atoms with Crippen LogP contribution in [0.15, 0.2) is 69.4 Å². The summed E-state index contributed by atoms with van der Waals surface area (Å²) in [6.07, 6.45) is 2.45. The van der Waals surface area contributed by atoms with Crippen LogP contribution in [-0.4, -0.2) is 54.4 Å². The van der Waals surface area contributed by atoms with E-state index in [1.165, 1.54) is 10.9 Å². The van der Waals surface area contributed by atoms with Gasteiger partial charge in [0.15, 0.2) is 5.82 Å². The first kappa shape index (κ1) is 24.0. The quantitative estimate of drug-likeness (QED) is 0.193. The van der Waals surface area contributed by atoms with E-state index in [9.17, 15) is 9.59 Å². The first-order valence-corrected chi connectivity index (χ1v) is 12.3. The van der Waals surface area contributed by atoms with Crippen molar-refractivity contribution in [1.82, 2.24) is 14.9 Å². The SMILES string of the molecule is NC=NC=NCCNC(=O)c1cc2c(nc(N)c(=O)n2-c2ccc3c(c2)N(c2ccccc2)CCO3)s1. The number of hydrogen-bond donors (Lipinski definition) is 3. The molecule has 11 nitrogen and oxygen atoms in total. The average Bonchev–Trinajstić information content (AvgIpc) is 3.34. The topological polar surface area (TPSA) is 153 Å². The summed E-state index contributed by atoms with van der Waals surface area (Å²) in [6, 6.07) is 17.1. The maximum absolute atomic E-state index is 13.2. The first-order valence-electron chi connectivity index (χ1n) is 11.5. The number of aromatic nitrogens is 2. The van der Waals surface area contributed by atoms with Crippen molar-refractivity contribution in [3.05, 3.63) is 69.8 Å². The Morgan fingerprint density at radius 1 is 1.19 bits per heavy atom. The highest BCUT2D eigenvalue weighted by molar-refractivity contribution is 7.20. The lowest BCUT2D eigenvalue weighted by molar-refractivity contribution is 0.0959. The number of nitrogens with zero attached hydrogens (tertiary/aromatic N) is 5. The van der Waals surface area contributed by atoms with E-state index in [0.29, 0.717) is 47.2 Å². The van der Waals surface area contributed by atoms with Gasteiger partial charge >= 0.3 is 0 Å². The summed E-state index contributed by atoms with van der Waals surface area (Å²) in [6.45, 7) is 1.86. The van der Waals surface area contributed by atoms with E-state index in [2.05, 4.69) is 25.2 Å². The number of anilines is 3. The Labute approximate surface area is 215 Å². The molecule has 1 aliphatic heterocycles. The van der Waals surface area contributed by atoms with Gasteiger partial charge in [0.1, 0.15) is 23.5 Å². The number of rotatable bonds is 7. The van der Waals surface area contributed by atoms with Gasteiger partial charge in [-0.25, -0.2) is 9.98 Å². The number of aliphatic imine (C=N–C) groups is 2. The van der Waals surface area contributed by atoms with Crippen LogP contribution < -0.4 is 32.0 Å². The zero-order valence-electron chi connectivity index (χ0n) is 19.7. The Balaban J connectivity index is 1.51. The molecule has 0 fully saturated rings. The lowest BCUT2D eigenvalue weighted by atomic mass is 10.1. The number of nitrogens with two attached hydrogens (primary N) is 2. The highest BCUT2D eigenvalue weighted by Crippen LogP contribution is 2.38. The van der Waals surface area contributed by atoms with Gasteiger partial charge in [-0.15, -0.1) is 11.3 Å². The van der Waals surface area contributed by atoms with Crippen LogP contribution in [0, 0.1) is 0 Å². The van der Waals surface area contributed by atoms with Crippen LogP contribution in [0.25, 0.3) is 16.0 Å². The molecule has 37 heavy (non-hydrogen) atoms. The summed E-state index contributed by atoms with van der Waals surface area (Å²) in [7, 11) is 0. The fourth-order valence-corrected chi connectivity index (χ4v) is 4.99. The molecule has 0 saturated carbocycles. The smallest absolute Gasteiger partial charge is 0.298 e. The van der Waals surface area contributed by atoms with Crippen molar-refractivity contribution in [2.24, 2.45) is 15.7 Å². The van der Waals surface area contributed by atoms with Gasteiger partial charge in [0.2, 0.25) is 0 Å². The van der Waals surface area contributed by atoms with Gasteiger partial charge in [0, 0.05) is 12.2 Å². The number of benzene rings is 2. The Morgan fingerprint density at radius 3 is 2.84 bits per heavy atom. The van der Waals surface area contributed by atoms with Gasteiger partial charge in [0.25, 0.3) is 11.5 Å². The Kier molecular flexibility index (Phi) is 6.81. The van der Waals surface area contributed by atoms with Crippen LogP contribution in [0.5, 0.6) is 5.75 Å². The monoisotopic (exact) mass is 516 g/mol. The molecule has 0 radical (unpaired) electrons. The number of nitrogens with one attached hydrogen (secondary N) is 1. The lowest BCUT2D eigenvalue weighted by Crippen LogP contribution is -2.29. The minimum atomic E-state index is -0.463. The number of fused-ring (bicyclic) bond motifs is 2. The second-order valence-corrected chi connectivity index (χ2v) is 9.03. The normalized spacial score (nSPS) is 13.2. The zero-order chi connectivity index (χ0) is 25.8. The Morgan fingerprint density at radius 2 is 2.03 bits per heavy atom. The molecule has 0 unspecified atom stereocenters. The van der Waals surface area contributed by atoms with Crippen LogP contribution in [0.4, 0.5) is 17.2 Å². The van der Waals surface area contributed by atoms with Gasteiger partial charge in [-0.1, -0.05) is 18.2 Å². The van der Waals surface area contributed by atoms with Crippen molar-refractivity contribution < 1.29 is 9.53 Å². The summed E-state index contributed by atoms with van der Waals surface area (Å²) in [5.41, 5.74) is 13.6. The summed E-state index contributed by atoms with van der Waals surface area (Å²) < 4.78 is 7.36. The van der Waals surface area contributed by atoms with Crippen LogP contribution in [-0.2, 0) is 0 Å². The number of carbonyl (C=O) groups excluding carboxylic acids is 1. The number of para-hydroxylation sites is 1. The van der Waals surface area contributed by atoms with E-state index in [0.717, 1.165) is 34.8 Å². The number of hydrogen-bond acceptors (Lipinski definition) is 8. The Bertz CT molecular complexity index is 1560. The van der Waals surface area contributed by atoms with Gasteiger partial charge in [-0.2, -0.15) is 0 Å². The van der Waals surface area contributed by atoms with E-state index < -0.39 is 5.56 Å². The maximum atomic E-state index is 13.2. The molecule has 0 saturated heterocycles. The molecule has 4 aromatic rings. The number of ether oxygens (including phenoxy) is 1. The van der Waals surface area contributed by atoms with Crippen LogP contribution in [0.3, 0.4) is 0 Å². The van der Waals surface area contributed by atoms with Crippen molar-refractivity contribution in [1.29, 1.82) is 0 Å². The van der Waals surface area contributed by atoms with E-state index in [1.54, 1.807) is 12.1 Å². The maximum Gasteiger partial charge on any atom is 0.298 e. The van der Waals surface area contributed by atoms with E-state index >= 15 is 0 Å². The summed E-state index contributed by atoms with van der Waals surface area (Å²) in [4.78, 5) is 40.9. The lowest BCUT2D eigenvalue weighted by Gasteiger charge is -2.31. The third-order valence-corrected chi connectivity index (χ3v) is 6.71. The van der Waals surface area contributed by atoms with Crippen molar-refractivity contribution in [2.45, 2.75) is 0 Å². The number of nitrogen functional groups attached to an aromatic ring is 1. The molecule has 1 aliphatic rings. The predicted molar refractivity (Wildman–Crippen MR) is 147 cm³/mol. The zero-order valence-corrected chi connectivity index (χ0v) is 20.5. The van der Waals surface area contributed by atoms with Gasteiger partial charge in [-0.3, -0.25) is 19.1 Å². The predicted octanol–water partition coefficient (Wildman–Crippen LogP) is 2.30. The van der Waals surface area contributed by atoms with Crippen LogP contribution >= 0.6 is 11.3 Å². The third kappa shape index (κ3) is 4.86. The van der Waals surface area contributed by atoms with Crippen molar-refractivity contribution in [3.63, 3.8) is 0 Å². The van der Waals surface area contributed by atoms with Gasteiger partial charge in [-0.05, 0) is 36.4 Å². The minimum Gasteiger partial charge on any atom is -0.490 e. The molecule has 2 aromatic heterocycles. The first-order chi connectivity index (χ1) is 18.1. The number of carbonyl (C=O) groups is 1. The minimum absolute atomic E-state index is 0.148. The second kappa shape index (κ2) is 10.5. The highest BCUT2D eigenvalue weighted by Gasteiger charge is 2.22. The molecule has 5 N–H and O–H groups in total. The molecule has 5 rings (SSSR count). The Hall–Kier alpha value is -4.71. The van der Waals surface area contributed by atoms with Crippen molar-refractivity contribution in [3.8, 4) is 11.4 Å². The summed E-state index contributed by atoms with van der Waals surface area (Å²) >= 11 is 1.16. The summed E-state index contributed by atoms with van der Waals surface area (Å²) in [5, 5.41) is 2.80. The van der Waals surface area contributed by atoms with E-state index in [1.807, 2.05) is 42.5 Å². The fraction of sp³-hybridized carbons (Fsp3) is 0.160. The largest absolute Gasteiger partial charge is 0.490 e. The molecule has 3 heterocycles.